The smallest absolute Gasteiger partial charge is 0.319 e. The molecule has 0 bridgehead atoms. The zero-order valence-corrected chi connectivity index (χ0v) is 9.64. The van der Waals surface area contributed by atoms with Crippen molar-refractivity contribution >= 4 is 28.4 Å². The Hall–Kier alpha value is -2.56. The molecule has 0 unspecified atom stereocenters. The van der Waals surface area contributed by atoms with Crippen LogP contribution in [0.15, 0.2) is 42.5 Å². The molecule has 0 aromatic heterocycles. The minimum Gasteiger partial charge on any atom is -0.368 e. The van der Waals surface area contributed by atoms with E-state index in [-0.39, 0.29) is 6.54 Å². The van der Waals surface area contributed by atoms with E-state index in [1.54, 1.807) is 6.07 Å². The second-order valence-corrected chi connectivity index (χ2v) is 3.80. The molecule has 0 radical (unpaired) electrons. The topological polar surface area (TPSA) is 84.2 Å². The summed E-state index contributed by atoms with van der Waals surface area (Å²) in [6.07, 6.45) is 0. The van der Waals surface area contributed by atoms with E-state index >= 15 is 0 Å². The molecule has 2 aromatic carbocycles. The van der Waals surface area contributed by atoms with Gasteiger partial charge in [0.1, 0.15) is 0 Å². The first kappa shape index (κ1) is 11.9. The number of nitrogens with two attached hydrogens (primary N) is 1. The summed E-state index contributed by atoms with van der Waals surface area (Å²) in [5, 5.41) is 7.02. The van der Waals surface area contributed by atoms with Crippen LogP contribution in [0.4, 0.5) is 10.5 Å². The van der Waals surface area contributed by atoms with Crippen molar-refractivity contribution in [1.82, 2.24) is 5.32 Å². The predicted octanol–water partition coefficient (Wildman–Crippen LogP) is 1.45. The summed E-state index contributed by atoms with van der Waals surface area (Å²) in [5.74, 6) is -0.580. The lowest BCUT2D eigenvalue weighted by Crippen LogP contribution is -2.36. The molecule has 0 atom stereocenters. The fourth-order valence-electron chi connectivity index (χ4n) is 1.67. The van der Waals surface area contributed by atoms with Crippen molar-refractivity contribution in [2.75, 3.05) is 11.9 Å². The molecule has 0 aliphatic heterocycles. The van der Waals surface area contributed by atoms with Crippen molar-refractivity contribution in [2.24, 2.45) is 5.73 Å². The number of fused-ring (bicyclic) bond motifs is 1. The summed E-state index contributed by atoms with van der Waals surface area (Å²) in [4.78, 5) is 22.1. The minimum absolute atomic E-state index is 0.184. The highest BCUT2D eigenvalue weighted by Gasteiger charge is 2.05. The molecule has 92 valence electrons. The molecule has 4 N–H and O–H groups in total. The second kappa shape index (κ2) is 5.18. The number of amides is 3. The maximum atomic E-state index is 11.5. The van der Waals surface area contributed by atoms with Crippen LogP contribution in [-0.4, -0.2) is 18.5 Å². The van der Waals surface area contributed by atoms with E-state index in [2.05, 4.69) is 10.6 Å². The van der Waals surface area contributed by atoms with Crippen molar-refractivity contribution in [3.8, 4) is 0 Å². The molecule has 0 heterocycles. The van der Waals surface area contributed by atoms with Gasteiger partial charge >= 0.3 is 6.03 Å². The van der Waals surface area contributed by atoms with Gasteiger partial charge in [-0.05, 0) is 11.5 Å². The third-order valence-corrected chi connectivity index (χ3v) is 2.46. The highest BCUT2D eigenvalue weighted by molar-refractivity contribution is 6.02. The number of primary amides is 1. The zero-order chi connectivity index (χ0) is 13.0. The molecule has 18 heavy (non-hydrogen) atoms. The number of anilines is 1. The summed E-state index contributed by atoms with van der Waals surface area (Å²) < 4.78 is 0. The summed E-state index contributed by atoms with van der Waals surface area (Å²) in [6, 6.07) is 12.9. The molecule has 0 fully saturated rings. The van der Waals surface area contributed by atoms with Crippen molar-refractivity contribution in [3.05, 3.63) is 42.5 Å². The standard InChI is InChI=1S/C13H13N3O2/c14-12(17)8-15-13(18)16-11-7-3-5-9-4-1-2-6-10(9)11/h1-7H,8H2,(H2,14,17)(H2,15,16,18). The molecule has 0 aliphatic carbocycles. The first-order valence-electron chi connectivity index (χ1n) is 5.48. The van der Waals surface area contributed by atoms with E-state index in [0.29, 0.717) is 5.69 Å². The third kappa shape index (κ3) is 2.76. The van der Waals surface area contributed by atoms with Crippen LogP contribution in [-0.2, 0) is 4.79 Å². The Bertz CT molecular complexity index is 590. The van der Waals surface area contributed by atoms with Gasteiger partial charge in [-0.3, -0.25) is 4.79 Å². The second-order valence-electron chi connectivity index (χ2n) is 3.80. The van der Waals surface area contributed by atoms with Crippen LogP contribution in [0.2, 0.25) is 0 Å². The van der Waals surface area contributed by atoms with Crippen molar-refractivity contribution in [2.45, 2.75) is 0 Å². The lowest BCUT2D eigenvalue weighted by atomic mass is 10.1. The number of rotatable bonds is 3. The number of benzene rings is 2. The summed E-state index contributed by atoms with van der Waals surface area (Å²) >= 11 is 0. The molecular formula is C13H13N3O2. The fraction of sp³-hybridized carbons (Fsp3) is 0.0769. The molecule has 3 amide bonds. The highest BCUT2D eigenvalue weighted by atomic mass is 16.2. The van der Waals surface area contributed by atoms with Gasteiger partial charge in [0.2, 0.25) is 5.91 Å². The largest absolute Gasteiger partial charge is 0.368 e. The average molecular weight is 243 g/mol. The van der Waals surface area contributed by atoms with Crippen LogP contribution in [0, 0.1) is 0 Å². The Morgan fingerprint density at radius 2 is 1.78 bits per heavy atom. The lowest BCUT2D eigenvalue weighted by molar-refractivity contribution is -0.117. The molecular weight excluding hydrogens is 230 g/mol. The van der Waals surface area contributed by atoms with E-state index in [1.165, 1.54) is 0 Å². The Morgan fingerprint density at radius 1 is 1.06 bits per heavy atom. The first-order valence-corrected chi connectivity index (χ1v) is 5.48. The van der Waals surface area contributed by atoms with Gasteiger partial charge in [-0.1, -0.05) is 36.4 Å². The van der Waals surface area contributed by atoms with Gasteiger partial charge in [0.15, 0.2) is 0 Å². The summed E-state index contributed by atoms with van der Waals surface area (Å²) in [7, 11) is 0. The SMILES string of the molecule is NC(=O)CNC(=O)Nc1cccc2ccccc12. The lowest BCUT2D eigenvalue weighted by Gasteiger charge is -2.09. The zero-order valence-electron chi connectivity index (χ0n) is 9.64. The quantitative estimate of drug-likeness (QED) is 0.762. The molecule has 2 rings (SSSR count). The van der Waals surface area contributed by atoms with Gasteiger partial charge < -0.3 is 16.4 Å². The average Bonchev–Trinajstić information content (AvgIpc) is 2.37. The summed E-state index contributed by atoms with van der Waals surface area (Å²) in [5.41, 5.74) is 5.63. The van der Waals surface area contributed by atoms with Crippen molar-refractivity contribution < 1.29 is 9.59 Å². The van der Waals surface area contributed by atoms with Crippen LogP contribution in [0.1, 0.15) is 0 Å². The van der Waals surface area contributed by atoms with Crippen molar-refractivity contribution in [3.63, 3.8) is 0 Å². The molecule has 2 aromatic rings. The maximum Gasteiger partial charge on any atom is 0.319 e. The molecule has 0 spiro atoms. The molecule has 5 nitrogen and oxygen atoms in total. The Kier molecular flexibility index (Phi) is 3.43. The number of carbonyl (C=O) groups is 2. The fourth-order valence-corrected chi connectivity index (χ4v) is 1.67. The van der Waals surface area contributed by atoms with Crippen LogP contribution in [0.25, 0.3) is 10.8 Å². The van der Waals surface area contributed by atoms with Crippen LogP contribution in [0.5, 0.6) is 0 Å². The number of hydrogen-bond acceptors (Lipinski definition) is 2. The Balaban J connectivity index is 2.16. The van der Waals surface area contributed by atoms with E-state index in [9.17, 15) is 9.59 Å². The normalized spacial score (nSPS) is 10.0. The summed E-state index contributed by atoms with van der Waals surface area (Å²) in [6.45, 7) is -0.184. The van der Waals surface area contributed by atoms with Gasteiger partial charge in [-0.2, -0.15) is 0 Å². The van der Waals surface area contributed by atoms with E-state index in [4.69, 9.17) is 5.73 Å². The van der Waals surface area contributed by atoms with Crippen LogP contribution < -0.4 is 16.4 Å². The molecule has 5 heteroatoms. The van der Waals surface area contributed by atoms with Crippen LogP contribution in [0.3, 0.4) is 0 Å². The van der Waals surface area contributed by atoms with Gasteiger partial charge in [-0.15, -0.1) is 0 Å². The third-order valence-electron chi connectivity index (χ3n) is 2.46. The van der Waals surface area contributed by atoms with Gasteiger partial charge in [0, 0.05) is 5.39 Å². The monoisotopic (exact) mass is 243 g/mol. The van der Waals surface area contributed by atoms with E-state index < -0.39 is 11.9 Å². The maximum absolute atomic E-state index is 11.5. The minimum atomic E-state index is -0.580. The number of carbonyl (C=O) groups excluding carboxylic acids is 2. The molecule has 0 aliphatic rings. The Morgan fingerprint density at radius 3 is 2.56 bits per heavy atom. The number of hydrogen-bond donors (Lipinski definition) is 3. The number of urea groups is 1. The molecule has 0 saturated heterocycles. The Labute approximate surface area is 104 Å². The first-order chi connectivity index (χ1) is 8.66. The van der Waals surface area contributed by atoms with Gasteiger partial charge in [-0.25, -0.2) is 4.79 Å². The van der Waals surface area contributed by atoms with E-state index in [0.717, 1.165) is 10.8 Å². The van der Waals surface area contributed by atoms with Crippen LogP contribution >= 0.6 is 0 Å². The van der Waals surface area contributed by atoms with Gasteiger partial charge in [0.05, 0.1) is 12.2 Å². The molecule has 0 saturated carbocycles. The predicted molar refractivity (Wildman–Crippen MR) is 70.2 cm³/mol. The number of nitrogens with one attached hydrogen (secondary N) is 2. The van der Waals surface area contributed by atoms with Crippen molar-refractivity contribution in [1.29, 1.82) is 0 Å². The van der Waals surface area contributed by atoms with Gasteiger partial charge in [0.25, 0.3) is 0 Å². The van der Waals surface area contributed by atoms with E-state index in [1.807, 2.05) is 36.4 Å². The highest BCUT2D eigenvalue weighted by Crippen LogP contribution is 2.22.